The van der Waals surface area contributed by atoms with Gasteiger partial charge in [-0.05, 0) is 28.1 Å². The molecule has 8 nitrogen and oxygen atoms in total. The van der Waals surface area contributed by atoms with Crippen LogP contribution in [0.25, 0.3) is 10.9 Å². The van der Waals surface area contributed by atoms with E-state index in [9.17, 15) is 25.2 Å². The van der Waals surface area contributed by atoms with Crippen molar-refractivity contribution in [1.82, 2.24) is 4.98 Å². The Morgan fingerprint density at radius 2 is 2.04 bits per heavy atom. The number of aromatic nitrogens is 1. The SMILES string of the molecule is O=C(O)C1(Br)OC(Oc2c[nH]c3ccccc23)C(O)C(O)C1(O)Cl. The molecule has 0 amide bonds. The van der Waals surface area contributed by atoms with Gasteiger partial charge in [0.05, 0.1) is 0 Å². The number of hydrogen-bond acceptors (Lipinski definition) is 6. The van der Waals surface area contributed by atoms with Crippen LogP contribution in [-0.4, -0.2) is 59.4 Å². The number of carboxylic acid groups (broad SMARTS) is 1. The molecule has 1 fully saturated rings. The maximum atomic E-state index is 11.4. The van der Waals surface area contributed by atoms with Crippen molar-refractivity contribution in [3.8, 4) is 5.75 Å². The van der Waals surface area contributed by atoms with Crippen LogP contribution in [-0.2, 0) is 9.53 Å². The van der Waals surface area contributed by atoms with Gasteiger partial charge in [0.1, 0.15) is 18.0 Å². The van der Waals surface area contributed by atoms with Gasteiger partial charge in [0.15, 0.2) is 0 Å². The van der Waals surface area contributed by atoms with E-state index in [2.05, 4.69) is 20.9 Å². The molecular formula is C14H13BrClNO7. The fraction of sp³-hybridized carbons (Fsp3) is 0.357. The minimum absolute atomic E-state index is 0.266. The van der Waals surface area contributed by atoms with Crippen LogP contribution >= 0.6 is 27.5 Å². The minimum atomic E-state index is -2.82. The number of fused-ring (bicyclic) bond motifs is 1. The zero-order chi connectivity index (χ0) is 17.7. The molecule has 1 aromatic carbocycles. The number of benzene rings is 1. The third-order valence-electron chi connectivity index (χ3n) is 3.79. The number of ether oxygens (including phenoxy) is 2. The Morgan fingerprint density at radius 3 is 2.71 bits per heavy atom. The van der Waals surface area contributed by atoms with Crippen molar-refractivity contribution in [1.29, 1.82) is 0 Å². The average molecular weight is 423 g/mol. The lowest BCUT2D eigenvalue weighted by Crippen LogP contribution is -2.71. The zero-order valence-corrected chi connectivity index (χ0v) is 14.2. The van der Waals surface area contributed by atoms with E-state index in [-0.39, 0.29) is 5.75 Å². The van der Waals surface area contributed by atoms with Crippen LogP contribution in [0.15, 0.2) is 30.5 Å². The molecule has 2 heterocycles. The van der Waals surface area contributed by atoms with Gasteiger partial charge in [0.2, 0.25) is 11.4 Å². The molecule has 0 bridgehead atoms. The molecule has 1 saturated heterocycles. The third-order valence-corrected chi connectivity index (χ3v) is 5.64. The quantitative estimate of drug-likeness (QED) is 0.461. The van der Waals surface area contributed by atoms with E-state index in [4.69, 9.17) is 21.1 Å². The van der Waals surface area contributed by atoms with Crippen LogP contribution in [0.5, 0.6) is 5.75 Å². The highest BCUT2D eigenvalue weighted by Gasteiger charge is 2.67. The second-order valence-electron chi connectivity index (χ2n) is 5.31. The number of aromatic amines is 1. The summed E-state index contributed by atoms with van der Waals surface area (Å²) in [5.41, 5.74) is 0.746. The van der Waals surface area contributed by atoms with Crippen LogP contribution in [0.3, 0.4) is 0 Å². The lowest BCUT2D eigenvalue weighted by atomic mass is 9.98. The predicted molar refractivity (Wildman–Crippen MR) is 85.9 cm³/mol. The summed E-state index contributed by atoms with van der Waals surface area (Å²) < 4.78 is 8.06. The number of hydrogen-bond donors (Lipinski definition) is 5. The molecule has 24 heavy (non-hydrogen) atoms. The molecule has 0 spiro atoms. The van der Waals surface area contributed by atoms with Gasteiger partial charge in [-0.3, -0.25) is 0 Å². The van der Waals surface area contributed by atoms with E-state index in [1.807, 2.05) is 0 Å². The number of aliphatic hydroxyl groups is 3. The number of nitrogens with one attached hydrogen (secondary N) is 1. The van der Waals surface area contributed by atoms with E-state index in [0.717, 1.165) is 5.52 Å². The fourth-order valence-corrected chi connectivity index (χ4v) is 3.11. The van der Waals surface area contributed by atoms with Crippen LogP contribution in [0, 0.1) is 0 Å². The lowest BCUT2D eigenvalue weighted by Gasteiger charge is -2.47. The van der Waals surface area contributed by atoms with Crippen LogP contribution < -0.4 is 4.74 Å². The molecule has 5 N–H and O–H groups in total. The normalized spacial score (nSPS) is 36.6. The summed E-state index contributed by atoms with van der Waals surface area (Å²) in [6.07, 6.45) is -3.97. The fourth-order valence-electron chi connectivity index (χ4n) is 2.44. The summed E-state index contributed by atoms with van der Waals surface area (Å²) >= 11 is 8.37. The van der Waals surface area contributed by atoms with Gasteiger partial charge >= 0.3 is 5.97 Å². The van der Waals surface area contributed by atoms with Crippen molar-refractivity contribution < 1.29 is 34.7 Å². The maximum absolute atomic E-state index is 11.4. The van der Waals surface area contributed by atoms with Crippen molar-refractivity contribution in [3.05, 3.63) is 30.5 Å². The number of para-hydroxylation sites is 1. The Hall–Kier alpha value is -1.36. The third kappa shape index (κ3) is 2.48. The van der Waals surface area contributed by atoms with Gasteiger partial charge in [-0.15, -0.1) is 0 Å². The minimum Gasteiger partial charge on any atom is -0.478 e. The number of rotatable bonds is 3. The Morgan fingerprint density at radius 1 is 1.38 bits per heavy atom. The van der Waals surface area contributed by atoms with Crippen molar-refractivity contribution in [2.75, 3.05) is 0 Å². The van der Waals surface area contributed by atoms with Gasteiger partial charge in [-0.2, -0.15) is 0 Å². The molecule has 1 aromatic heterocycles. The highest BCUT2D eigenvalue weighted by Crippen LogP contribution is 2.46. The van der Waals surface area contributed by atoms with Crippen molar-refractivity contribution >= 4 is 44.4 Å². The smallest absolute Gasteiger partial charge is 0.352 e. The van der Waals surface area contributed by atoms with Crippen molar-refractivity contribution in [3.63, 3.8) is 0 Å². The number of alkyl halides is 2. The monoisotopic (exact) mass is 421 g/mol. The average Bonchev–Trinajstić information content (AvgIpc) is 2.94. The zero-order valence-electron chi connectivity index (χ0n) is 11.9. The highest BCUT2D eigenvalue weighted by atomic mass is 79.9. The first-order chi connectivity index (χ1) is 11.2. The molecule has 1 aliphatic heterocycles. The molecule has 2 aromatic rings. The summed E-state index contributed by atoms with van der Waals surface area (Å²) in [4.78, 5) is 14.4. The number of halogens is 2. The molecule has 130 valence electrons. The van der Waals surface area contributed by atoms with E-state index in [0.29, 0.717) is 5.39 Å². The second-order valence-corrected chi connectivity index (χ2v) is 7.00. The molecule has 3 rings (SSSR count). The van der Waals surface area contributed by atoms with Gasteiger partial charge in [0, 0.05) is 17.1 Å². The topological polar surface area (TPSA) is 132 Å². The van der Waals surface area contributed by atoms with E-state index in [1.165, 1.54) is 6.20 Å². The Kier molecular flexibility index (Phi) is 4.27. The summed E-state index contributed by atoms with van der Waals surface area (Å²) in [5, 5.41) is 37.3. The highest BCUT2D eigenvalue weighted by molar-refractivity contribution is 9.10. The van der Waals surface area contributed by atoms with Gasteiger partial charge in [-0.25, -0.2) is 4.79 Å². The molecule has 10 heteroatoms. The molecule has 5 atom stereocenters. The van der Waals surface area contributed by atoms with Gasteiger partial charge < -0.3 is 34.9 Å². The summed E-state index contributed by atoms with van der Waals surface area (Å²) in [6, 6.07) is 7.10. The largest absolute Gasteiger partial charge is 0.478 e. The summed E-state index contributed by atoms with van der Waals surface area (Å²) in [6.45, 7) is 0. The number of H-pyrrole nitrogens is 1. The number of aliphatic hydroxyl groups excluding tert-OH is 2. The first-order valence-corrected chi connectivity index (χ1v) is 7.96. The molecular weight excluding hydrogens is 410 g/mol. The Bertz CT molecular complexity index is 781. The summed E-state index contributed by atoms with van der Waals surface area (Å²) in [5.74, 6) is -1.43. The molecule has 1 aliphatic rings. The Balaban J connectivity index is 1.95. The predicted octanol–water partition coefficient (Wildman–Crippen LogP) is 0.728. The van der Waals surface area contributed by atoms with Gasteiger partial charge in [-0.1, -0.05) is 23.7 Å². The molecule has 0 aliphatic carbocycles. The molecule has 0 saturated carbocycles. The van der Waals surface area contributed by atoms with Crippen molar-refractivity contribution in [2.45, 2.75) is 28.1 Å². The van der Waals surface area contributed by atoms with Crippen LogP contribution in [0.4, 0.5) is 0 Å². The standard InChI is InChI=1S/C14H13BrClNO7/c15-13(12(20)21)14(16,22)10(19)9(18)11(24-13)23-8-5-17-7-4-2-1-3-6(7)8/h1-5,9-11,17-19,22H,(H,20,21). The van der Waals surface area contributed by atoms with Crippen LogP contribution in [0.1, 0.15) is 0 Å². The van der Waals surface area contributed by atoms with Crippen LogP contribution in [0.2, 0.25) is 0 Å². The van der Waals surface area contributed by atoms with E-state index >= 15 is 0 Å². The second kappa shape index (κ2) is 5.87. The maximum Gasteiger partial charge on any atom is 0.352 e. The molecule has 5 unspecified atom stereocenters. The number of carboxylic acids is 1. The first kappa shape index (κ1) is 17.5. The first-order valence-electron chi connectivity index (χ1n) is 6.79. The lowest BCUT2D eigenvalue weighted by molar-refractivity contribution is -0.291. The van der Waals surface area contributed by atoms with E-state index in [1.54, 1.807) is 24.3 Å². The van der Waals surface area contributed by atoms with E-state index < -0.39 is 34.0 Å². The number of carbonyl (C=O) groups is 1. The number of aliphatic carboxylic acids is 1. The van der Waals surface area contributed by atoms with Gasteiger partial charge in [0.25, 0.3) is 4.51 Å². The summed E-state index contributed by atoms with van der Waals surface area (Å²) in [7, 11) is 0. The Labute approximate surface area is 148 Å². The van der Waals surface area contributed by atoms with Crippen molar-refractivity contribution in [2.24, 2.45) is 0 Å². The molecule has 0 radical (unpaired) electrons.